The van der Waals surface area contributed by atoms with Gasteiger partial charge < -0.3 is 5.11 Å². The fourth-order valence-electron chi connectivity index (χ4n) is 2.57. The van der Waals surface area contributed by atoms with E-state index in [1.54, 1.807) is 0 Å². The maximum Gasteiger partial charge on any atom is 0.0942 e. The van der Waals surface area contributed by atoms with Gasteiger partial charge in [0, 0.05) is 18.3 Å². The fourth-order valence-corrected chi connectivity index (χ4v) is 2.57. The van der Waals surface area contributed by atoms with Crippen LogP contribution in [0, 0.1) is 6.92 Å². The monoisotopic (exact) mass is 284 g/mol. The molecule has 0 saturated carbocycles. The summed E-state index contributed by atoms with van der Waals surface area (Å²) >= 11 is 0. The van der Waals surface area contributed by atoms with Crippen LogP contribution >= 0.6 is 0 Å². The average Bonchev–Trinajstić information content (AvgIpc) is 2.52. The number of pyridine rings is 1. The Morgan fingerprint density at radius 2 is 1.81 bits per heavy atom. The molecule has 2 unspecified atom stereocenters. The van der Waals surface area contributed by atoms with Crippen molar-refractivity contribution < 1.29 is 5.11 Å². The molecule has 0 fully saturated rings. The summed E-state index contributed by atoms with van der Waals surface area (Å²) in [7, 11) is 0. The number of nitrogens with zero attached hydrogens (tertiary/aromatic N) is 2. The second-order valence-corrected chi connectivity index (χ2v) is 5.43. The topological polar surface area (TPSA) is 36.4 Å². The van der Waals surface area contributed by atoms with E-state index in [4.69, 9.17) is 0 Å². The molecule has 0 aliphatic carbocycles. The third-order valence-electron chi connectivity index (χ3n) is 3.89. The molecule has 3 nitrogen and oxygen atoms in total. The summed E-state index contributed by atoms with van der Waals surface area (Å²) in [5, 5.41) is 10.6. The standard InChI is InChI=1S/C18H24N2O/c1-4-20(13-17-12-8-9-14(2)19-17)15(3)18(21)16-10-6-5-7-11-16/h5-12,15,18,21H,4,13H2,1-3H3. The van der Waals surface area contributed by atoms with E-state index >= 15 is 0 Å². The molecule has 1 N–H and O–H groups in total. The first-order valence-electron chi connectivity index (χ1n) is 7.51. The minimum absolute atomic E-state index is 0.0414. The van der Waals surface area contributed by atoms with E-state index in [2.05, 4.69) is 23.7 Å². The quantitative estimate of drug-likeness (QED) is 0.884. The molecular weight excluding hydrogens is 260 g/mol. The Morgan fingerprint density at radius 3 is 2.43 bits per heavy atom. The minimum Gasteiger partial charge on any atom is -0.387 e. The first-order chi connectivity index (χ1) is 10.1. The van der Waals surface area contributed by atoms with Gasteiger partial charge in [0.25, 0.3) is 0 Å². The molecule has 112 valence electrons. The van der Waals surface area contributed by atoms with Crippen molar-refractivity contribution in [1.29, 1.82) is 0 Å². The summed E-state index contributed by atoms with van der Waals surface area (Å²) < 4.78 is 0. The summed E-state index contributed by atoms with van der Waals surface area (Å²) in [5.74, 6) is 0. The number of hydrogen-bond donors (Lipinski definition) is 1. The van der Waals surface area contributed by atoms with E-state index in [0.29, 0.717) is 0 Å². The second-order valence-electron chi connectivity index (χ2n) is 5.43. The zero-order chi connectivity index (χ0) is 15.2. The van der Waals surface area contributed by atoms with Gasteiger partial charge in [0.1, 0.15) is 0 Å². The van der Waals surface area contributed by atoms with Crippen molar-refractivity contribution in [2.45, 2.75) is 39.5 Å². The van der Waals surface area contributed by atoms with Gasteiger partial charge in [0.2, 0.25) is 0 Å². The average molecular weight is 284 g/mol. The molecule has 0 spiro atoms. The molecule has 0 amide bonds. The van der Waals surface area contributed by atoms with Gasteiger partial charge in [-0.1, -0.05) is 43.3 Å². The van der Waals surface area contributed by atoms with E-state index in [9.17, 15) is 5.11 Å². The molecule has 0 saturated heterocycles. The SMILES string of the molecule is CCN(Cc1cccc(C)n1)C(C)C(O)c1ccccc1. The van der Waals surface area contributed by atoms with Gasteiger partial charge in [-0.15, -0.1) is 0 Å². The van der Waals surface area contributed by atoms with Crippen LogP contribution in [0.5, 0.6) is 0 Å². The molecule has 0 aliphatic rings. The smallest absolute Gasteiger partial charge is 0.0942 e. The number of aliphatic hydroxyl groups is 1. The Hall–Kier alpha value is -1.71. The highest BCUT2D eigenvalue weighted by Gasteiger charge is 2.22. The summed E-state index contributed by atoms with van der Waals surface area (Å²) in [4.78, 5) is 6.80. The van der Waals surface area contributed by atoms with Crippen LogP contribution in [-0.2, 0) is 6.54 Å². The maximum absolute atomic E-state index is 10.6. The van der Waals surface area contributed by atoms with Crippen molar-refractivity contribution in [2.24, 2.45) is 0 Å². The molecule has 3 heteroatoms. The molecule has 0 aliphatic heterocycles. The third kappa shape index (κ3) is 4.13. The maximum atomic E-state index is 10.6. The Balaban J connectivity index is 2.09. The second kappa shape index (κ2) is 7.34. The van der Waals surface area contributed by atoms with Gasteiger partial charge in [-0.3, -0.25) is 9.88 Å². The van der Waals surface area contributed by atoms with Crippen molar-refractivity contribution in [3.8, 4) is 0 Å². The molecule has 0 bridgehead atoms. The van der Waals surface area contributed by atoms with E-state index < -0.39 is 6.10 Å². The lowest BCUT2D eigenvalue weighted by atomic mass is 10.0. The lowest BCUT2D eigenvalue weighted by Crippen LogP contribution is -2.37. The van der Waals surface area contributed by atoms with Gasteiger partial charge in [0.05, 0.1) is 11.8 Å². The van der Waals surface area contributed by atoms with E-state index in [1.807, 2.05) is 55.5 Å². The normalized spacial score (nSPS) is 14.1. The zero-order valence-corrected chi connectivity index (χ0v) is 13.0. The molecule has 2 atom stereocenters. The zero-order valence-electron chi connectivity index (χ0n) is 13.0. The van der Waals surface area contributed by atoms with Crippen LogP contribution in [0.2, 0.25) is 0 Å². The van der Waals surface area contributed by atoms with Gasteiger partial charge in [-0.05, 0) is 38.1 Å². The van der Waals surface area contributed by atoms with E-state index in [-0.39, 0.29) is 6.04 Å². The van der Waals surface area contributed by atoms with Crippen molar-refractivity contribution in [2.75, 3.05) is 6.54 Å². The molecular formula is C18H24N2O. The molecule has 1 aromatic heterocycles. The molecule has 1 heterocycles. The first kappa shape index (κ1) is 15.7. The van der Waals surface area contributed by atoms with Gasteiger partial charge in [-0.25, -0.2) is 0 Å². The lowest BCUT2D eigenvalue weighted by molar-refractivity contribution is 0.0557. The van der Waals surface area contributed by atoms with Crippen molar-refractivity contribution in [3.63, 3.8) is 0 Å². The fraction of sp³-hybridized carbons (Fsp3) is 0.389. The van der Waals surface area contributed by atoms with Crippen LogP contribution in [-0.4, -0.2) is 27.6 Å². The van der Waals surface area contributed by atoms with Crippen molar-refractivity contribution in [1.82, 2.24) is 9.88 Å². The highest BCUT2D eigenvalue weighted by atomic mass is 16.3. The van der Waals surface area contributed by atoms with Gasteiger partial charge in [-0.2, -0.15) is 0 Å². The van der Waals surface area contributed by atoms with Crippen LogP contribution < -0.4 is 0 Å². The number of rotatable bonds is 6. The Bertz CT molecular complexity index is 556. The van der Waals surface area contributed by atoms with Crippen molar-refractivity contribution in [3.05, 3.63) is 65.5 Å². The van der Waals surface area contributed by atoms with E-state index in [0.717, 1.165) is 30.0 Å². The molecule has 21 heavy (non-hydrogen) atoms. The molecule has 2 aromatic rings. The van der Waals surface area contributed by atoms with Crippen LogP contribution in [0.15, 0.2) is 48.5 Å². The number of likely N-dealkylation sites (N-methyl/N-ethyl adjacent to an activating group) is 1. The third-order valence-corrected chi connectivity index (χ3v) is 3.89. The number of aryl methyl sites for hydroxylation is 1. The van der Waals surface area contributed by atoms with Crippen LogP contribution in [0.4, 0.5) is 0 Å². The Kier molecular flexibility index (Phi) is 5.48. The largest absolute Gasteiger partial charge is 0.387 e. The lowest BCUT2D eigenvalue weighted by Gasteiger charge is -2.31. The van der Waals surface area contributed by atoms with Crippen molar-refractivity contribution >= 4 is 0 Å². The van der Waals surface area contributed by atoms with Crippen LogP contribution in [0.25, 0.3) is 0 Å². The highest BCUT2D eigenvalue weighted by Crippen LogP contribution is 2.21. The number of aromatic nitrogens is 1. The predicted octanol–water partition coefficient (Wildman–Crippen LogP) is 3.33. The molecule has 0 radical (unpaired) electrons. The number of benzene rings is 1. The van der Waals surface area contributed by atoms with Crippen LogP contribution in [0.3, 0.4) is 0 Å². The number of hydrogen-bond acceptors (Lipinski definition) is 3. The van der Waals surface area contributed by atoms with Gasteiger partial charge >= 0.3 is 0 Å². The summed E-state index contributed by atoms with van der Waals surface area (Å²) in [5.41, 5.74) is 3.03. The number of aliphatic hydroxyl groups excluding tert-OH is 1. The van der Waals surface area contributed by atoms with Gasteiger partial charge in [0.15, 0.2) is 0 Å². The van der Waals surface area contributed by atoms with E-state index in [1.165, 1.54) is 0 Å². The Labute approximate surface area is 127 Å². The highest BCUT2D eigenvalue weighted by molar-refractivity contribution is 5.19. The molecule has 1 aromatic carbocycles. The minimum atomic E-state index is -0.490. The summed E-state index contributed by atoms with van der Waals surface area (Å²) in [6.07, 6.45) is -0.490. The molecule has 2 rings (SSSR count). The van der Waals surface area contributed by atoms with Crippen LogP contribution in [0.1, 0.15) is 36.9 Å². The summed E-state index contributed by atoms with van der Waals surface area (Å²) in [6, 6.07) is 15.9. The predicted molar refractivity (Wildman–Crippen MR) is 85.9 cm³/mol. The first-order valence-corrected chi connectivity index (χ1v) is 7.51. The Morgan fingerprint density at radius 1 is 1.10 bits per heavy atom. The summed E-state index contributed by atoms with van der Waals surface area (Å²) in [6.45, 7) is 7.81.